The highest BCUT2D eigenvalue weighted by Crippen LogP contribution is 2.36. The van der Waals surface area contributed by atoms with E-state index in [4.69, 9.17) is 23.9 Å². The van der Waals surface area contributed by atoms with Gasteiger partial charge in [0.25, 0.3) is 5.56 Å². The van der Waals surface area contributed by atoms with E-state index < -0.39 is 12.0 Å². The maximum absolute atomic E-state index is 14.3. The minimum atomic E-state index is -0.726. The third kappa shape index (κ3) is 6.57. The number of carbonyl (C=O) groups excluding carboxylic acids is 1. The van der Waals surface area contributed by atoms with Crippen LogP contribution in [0.5, 0.6) is 17.2 Å². The first-order valence-electron chi connectivity index (χ1n) is 15.2. The van der Waals surface area contributed by atoms with E-state index in [-0.39, 0.29) is 12.2 Å². The summed E-state index contributed by atoms with van der Waals surface area (Å²) >= 11 is 3.49. The number of hydrogen-bond acceptors (Lipinski definition) is 8. The first-order chi connectivity index (χ1) is 22.8. The van der Waals surface area contributed by atoms with Crippen LogP contribution in [0.4, 0.5) is 0 Å². The smallest absolute Gasteiger partial charge is 0.338 e. The summed E-state index contributed by atoms with van der Waals surface area (Å²) in [7, 11) is 1.60. The summed E-state index contributed by atoms with van der Waals surface area (Å²) in [5, 5.41) is 2.24. The van der Waals surface area contributed by atoms with Gasteiger partial charge in [-0.1, -0.05) is 65.9 Å². The third-order valence-electron chi connectivity index (χ3n) is 7.83. The molecule has 1 aliphatic heterocycles. The van der Waals surface area contributed by atoms with Gasteiger partial charge in [0.05, 0.1) is 42.2 Å². The Kier molecular flexibility index (Phi) is 9.79. The SMILES string of the molecule is CCOC(=O)C1=C(C)N=c2s/c(=C\c3cc(I)cc(OC)c3OCc3cccc4ccccc34)c(=O)n2[C@@H]1c1ccc(OCC)cc1. The number of aromatic nitrogens is 1. The van der Waals surface area contributed by atoms with Gasteiger partial charge in [-0.2, -0.15) is 0 Å². The molecule has 4 aromatic carbocycles. The molecule has 1 aliphatic rings. The number of ether oxygens (including phenoxy) is 4. The summed E-state index contributed by atoms with van der Waals surface area (Å²) < 4.78 is 26.2. The average molecular weight is 761 g/mol. The van der Waals surface area contributed by atoms with E-state index >= 15 is 0 Å². The summed E-state index contributed by atoms with van der Waals surface area (Å²) in [5.41, 5.74) is 3.02. The number of nitrogens with zero attached hydrogens (tertiary/aromatic N) is 2. The van der Waals surface area contributed by atoms with Gasteiger partial charge < -0.3 is 18.9 Å². The molecule has 0 amide bonds. The van der Waals surface area contributed by atoms with Crippen molar-refractivity contribution in [3.8, 4) is 17.2 Å². The molecular weight excluding hydrogens is 727 g/mol. The van der Waals surface area contributed by atoms with Crippen molar-refractivity contribution in [3.05, 3.63) is 130 Å². The van der Waals surface area contributed by atoms with E-state index in [2.05, 4.69) is 40.8 Å². The highest BCUT2D eigenvalue weighted by atomic mass is 127. The fourth-order valence-corrected chi connectivity index (χ4v) is 7.39. The van der Waals surface area contributed by atoms with Crippen LogP contribution in [0.2, 0.25) is 0 Å². The number of halogens is 1. The molecule has 47 heavy (non-hydrogen) atoms. The van der Waals surface area contributed by atoms with Crippen molar-refractivity contribution in [3.63, 3.8) is 0 Å². The van der Waals surface area contributed by atoms with E-state index in [1.807, 2.05) is 73.7 Å². The number of thiazole rings is 1. The summed E-state index contributed by atoms with van der Waals surface area (Å²) in [5.74, 6) is 1.28. The van der Waals surface area contributed by atoms with Gasteiger partial charge in [-0.15, -0.1) is 0 Å². The number of methoxy groups -OCH3 is 1. The van der Waals surface area contributed by atoms with Crippen LogP contribution in [0, 0.1) is 3.57 Å². The van der Waals surface area contributed by atoms with Crippen molar-refractivity contribution in [2.24, 2.45) is 4.99 Å². The van der Waals surface area contributed by atoms with Crippen molar-refractivity contribution < 1.29 is 23.7 Å². The van der Waals surface area contributed by atoms with Gasteiger partial charge in [0.2, 0.25) is 0 Å². The quantitative estimate of drug-likeness (QED) is 0.119. The van der Waals surface area contributed by atoms with E-state index in [1.54, 1.807) is 25.5 Å². The lowest BCUT2D eigenvalue weighted by Crippen LogP contribution is -2.39. The molecule has 2 heterocycles. The van der Waals surface area contributed by atoms with Crippen LogP contribution in [-0.4, -0.2) is 30.9 Å². The average Bonchev–Trinajstić information content (AvgIpc) is 3.37. The Labute approximate surface area is 289 Å². The molecule has 0 unspecified atom stereocenters. The first-order valence-corrected chi connectivity index (χ1v) is 17.1. The molecule has 0 spiro atoms. The molecule has 0 saturated carbocycles. The first kappa shape index (κ1) is 32.5. The minimum absolute atomic E-state index is 0.200. The lowest BCUT2D eigenvalue weighted by atomic mass is 9.96. The number of fused-ring (bicyclic) bond motifs is 2. The summed E-state index contributed by atoms with van der Waals surface area (Å²) in [6.45, 7) is 6.48. The highest BCUT2D eigenvalue weighted by molar-refractivity contribution is 14.1. The second kappa shape index (κ2) is 14.1. The maximum Gasteiger partial charge on any atom is 0.338 e. The molecule has 0 radical (unpaired) electrons. The van der Waals surface area contributed by atoms with Crippen LogP contribution < -0.4 is 29.1 Å². The Balaban J connectivity index is 1.47. The number of esters is 1. The molecule has 0 aliphatic carbocycles. The van der Waals surface area contributed by atoms with Gasteiger partial charge in [0.15, 0.2) is 16.3 Å². The fourth-order valence-electron chi connectivity index (χ4n) is 5.73. The molecule has 5 aromatic rings. The lowest BCUT2D eigenvalue weighted by molar-refractivity contribution is -0.139. The van der Waals surface area contributed by atoms with Gasteiger partial charge >= 0.3 is 5.97 Å². The standard InChI is InChI=1S/C37H33IN2O6S/c1-5-44-28-16-14-24(15-17-28)33-32(36(42)45-6-2)22(3)39-37-40(33)35(41)31(47-37)19-26-18-27(38)20-30(43-4)34(26)46-21-25-12-9-11-23-10-7-8-13-29(23)25/h7-20,33H,5-6,21H2,1-4H3/b31-19-/t33-/m1/s1. The number of hydrogen-bond donors (Lipinski definition) is 0. The van der Waals surface area contributed by atoms with Crippen LogP contribution in [0.25, 0.3) is 16.8 Å². The summed E-state index contributed by atoms with van der Waals surface area (Å²) in [6, 6.07) is 24.9. The lowest BCUT2D eigenvalue weighted by Gasteiger charge is -2.24. The maximum atomic E-state index is 14.3. The zero-order valence-corrected chi connectivity index (χ0v) is 29.4. The Morgan fingerprint density at radius 1 is 1.00 bits per heavy atom. The van der Waals surface area contributed by atoms with Crippen molar-refractivity contribution >= 4 is 56.7 Å². The molecule has 8 nitrogen and oxygen atoms in total. The van der Waals surface area contributed by atoms with Gasteiger partial charge in [0, 0.05) is 9.13 Å². The molecule has 1 atom stereocenters. The van der Waals surface area contributed by atoms with Crippen molar-refractivity contribution in [1.29, 1.82) is 0 Å². The van der Waals surface area contributed by atoms with Gasteiger partial charge in [-0.25, -0.2) is 9.79 Å². The molecule has 10 heteroatoms. The molecule has 240 valence electrons. The van der Waals surface area contributed by atoms with Gasteiger partial charge in [-0.3, -0.25) is 9.36 Å². The van der Waals surface area contributed by atoms with E-state index in [1.165, 1.54) is 11.3 Å². The molecule has 1 aromatic heterocycles. The van der Waals surface area contributed by atoms with Crippen molar-refractivity contribution in [2.75, 3.05) is 20.3 Å². The Hall–Kier alpha value is -4.42. The predicted octanol–water partition coefficient (Wildman–Crippen LogP) is 6.54. The molecular formula is C37H33IN2O6S. The Morgan fingerprint density at radius 3 is 2.51 bits per heavy atom. The third-order valence-corrected chi connectivity index (χ3v) is 9.44. The van der Waals surface area contributed by atoms with E-state index in [0.29, 0.717) is 56.6 Å². The van der Waals surface area contributed by atoms with E-state index in [9.17, 15) is 9.59 Å². The normalized spacial score (nSPS) is 14.5. The number of rotatable bonds is 10. The molecule has 0 saturated heterocycles. The second-order valence-electron chi connectivity index (χ2n) is 10.8. The molecule has 0 bridgehead atoms. The van der Waals surface area contributed by atoms with Crippen LogP contribution >= 0.6 is 33.9 Å². The van der Waals surface area contributed by atoms with Crippen molar-refractivity contribution in [2.45, 2.75) is 33.4 Å². The predicted molar refractivity (Wildman–Crippen MR) is 192 cm³/mol. The zero-order valence-electron chi connectivity index (χ0n) is 26.4. The van der Waals surface area contributed by atoms with Crippen LogP contribution in [0.15, 0.2) is 99.9 Å². The Bertz CT molecular complexity index is 2180. The monoisotopic (exact) mass is 760 g/mol. The zero-order chi connectivity index (χ0) is 33.1. The summed E-state index contributed by atoms with van der Waals surface area (Å²) in [6.07, 6.45) is 1.81. The Morgan fingerprint density at radius 2 is 1.77 bits per heavy atom. The number of benzene rings is 4. The number of carbonyl (C=O) groups is 1. The molecule has 0 fully saturated rings. The number of allylic oxidation sites excluding steroid dienone is 1. The highest BCUT2D eigenvalue weighted by Gasteiger charge is 2.33. The summed E-state index contributed by atoms with van der Waals surface area (Å²) in [4.78, 5) is 32.8. The topological polar surface area (TPSA) is 88.4 Å². The van der Waals surface area contributed by atoms with Crippen molar-refractivity contribution in [1.82, 2.24) is 4.57 Å². The largest absolute Gasteiger partial charge is 0.494 e. The molecule has 0 N–H and O–H groups in total. The minimum Gasteiger partial charge on any atom is -0.494 e. The van der Waals surface area contributed by atoms with Gasteiger partial charge in [-0.05, 0) is 95.6 Å². The second-order valence-corrected chi connectivity index (χ2v) is 13.0. The van der Waals surface area contributed by atoms with Gasteiger partial charge in [0.1, 0.15) is 12.4 Å². The van der Waals surface area contributed by atoms with E-state index in [0.717, 1.165) is 25.5 Å². The van der Waals surface area contributed by atoms with Crippen LogP contribution in [-0.2, 0) is 16.1 Å². The fraction of sp³-hybridized carbons (Fsp3) is 0.216. The van der Waals surface area contributed by atoms with Crippen LogP contribution in [0.3, 0.4) is 0 Å². The molecule has 6 rings (SSSR count). The van der Waals surface area contributed by atoms with Crippen LogP contribution in [0.1, 0.15) is 43.5 Å².